The molecule has 0 fully saturated rings. The number of nitrogens with zero attached hydrogens (tertiary/aromatic N) is 3. The molecule has 0 radical (unpaired) electrons. The van der Waals surface area contributed by atoms with Gasteiger partial charge in [0, 0.05) is 18.2 Å². The first kappa shape index (κ1) is 23.4. The number of nitrogens with one attached hydrogen (secondary N) is 1. The van der Waals surface area contributed by atoms with Crippen molar-refractivity contribution in [3.63, 3.8) is 0 Å². The minimum absolute atomic E-state index is 0.0715. The second kappa shape index (κ2) is 10.9. The molecule has 0 aliphatic rings. The molecule has 1 N–H and O–H groups in total. The molecule has 0 aliphatic carbocycles. The van der Waals surface area contributed by atoms with Gasteiger partial charge in [-0.05, 0) is 36.2 Å². The summed E-state index contributed by atoms with van der Waals surface area (Å²) in [6, 6.07) is 23.4. The molecule has 0 unspecified atom stereocenters. The summed E-state index contributed by atoms with van der Waals surface area (Å²) in [6.45, 7) is 2.52. The average molecular weight is 475 g/mol. The number of aromatic nitrogens is 3. The minimum atomic E-state index is -0.0715. The van der Waals surface area contributed by atoms with Gasteiger partial charge in [0.15, 0.2) is 11.0 Å². The van der Waals surface area contributed by atoms with Crippen molar-refractivity contribution in [1.29, 1.82) is 0 Å². The van der Waals surface area contributed by atoms with E-state index in [2.05, 4.69) is 15.5 Å². The molecule has 4 aromatic rings. The largest absolute Gasteiger partial charge is 0.497 e. The van der Waals surface area contributed by atoms with E-state index in [4.69, 9.17) is 9.47 Å². The van der Waals surface area contributed by atoms with Crippen LogP contribution < -0.4 is 14.8 Å². The Morgan fingerprint density at radius 1 is 0.941 bits per heavy atom. The van der Waals surface area contributed by atoms with Gasteiger partial charge < -0.3 is 14.8 Å². The van der Waals surface area contributed by atoms with E-state index in [0.29, 0.717) is 29.0 Å². The molecule has 4 rings (SSSR count). The number of rotatable bonds is 9. The Hall–Kier alpha value is -3.78. The fourth-order valence-corrected chi connectivity index (χ4v) is 4.27. The highest BCUT2D eigenvalue weighted by atomic mass is 32.2. The zero-order chi connectivity index (χ0) is 23.9. The van der Waals surface area contributed by atoms with Crippen LogP contribution in [0.4, 0.5) is 0 Å². The molecule has 0 spiro atoms. The average Bonchev–Trinajstić information content (AvgIpc) is 3.30. The molecule has 8 heteroatoms. The van der Waals surface area contributed by atoms with Gasteiger partial charge in [-0.2, -0.15) is 0 Å². The SMILES string of the molecule is COc1cc(OC)cc(-c2nnc(SCC(=O)NCc3ccccc3)n2-c2ccccc2C)c1. The van der Waals surface area contributed by atoms with Gasteiger partial charge in [0.2, 0.25) is 5.91 Å². The number of aryl methyl sites for hydroxylation is 1. The Morgan fingerprint density at radius 3 is 2.29 bits per heavy atom. The third kappa shape index (κ3) is 5.40. The molecule has 1 heterocycles. The van der Waals surface area contributed by atoms with Gasteiger partial charge in [0.05, 0.1) is 25.7 Å². The number of carbonyl (C=O) groups is 1. The van der Waals surface area contributed by atoms with E-state index in [1.165, 1.54) is 11.8 Å². The van der Waals surface area contributed by atoms with Crippen molar-refractivity contribution in [2.75, 3.05) is 20.0 Å². The van der Waals surface area contributed by atoms with Crippen LogP contribution in [0.2, 0.25) is 0 Å². The number of para-hydroxylation sites is 1. The molecule has 0 saturated carbocycles. The van der Waals surface area contributed by atoms with Gasteiger partial charge >= 0.3 is 0 Å². The van der Waals surface area contributed by atoms with Crippen LogP contribution in [0.1, 0.15) is 11.1 Å². The first-order valence-corrected chi connectivity index (χ1v) is 11.8. The maximum absolute atomic E-state index is 12.5. The normalized spacial score (nSPS) is 10.7. The van der Waals surface area contributed by atoms with Gasteiger partial charge in [-0.1, -0.05) is 60.3 Å². The van der Waals surface area contributed by atoms with Gasteiger partial charge in [-0.25, -0.2) is 0 Å². The molecule has 7 nitrogen and oxygen atoms in total. The Bertz CT molecular complexity index is 1250. The molecule has 1 aromatic heterocycles. The van der Waals surface area contributed by atoms with Crippen molar-refractivity contribution in [2.45, 2.75) is 18.6 Å². The van der Waals surface area contributed by atoms with Crippen LogP contribution in [0.15, 0.2) is 78.0 Å². The van der Waals surface area contributed by atoms with E-state index in [-0.39, 0.29) is 11.7 Å². The summed E-state index contributed by atoms with van der Waals surface area (Å²) in [6.07, 6.45) is 0. The quantitative estimate of drug-likeness (QED) is 0.355. The van der Waals surface area contributed by atoms with Gasteiger partial charge in [0.25, 0.3) is 0 Å². The zero-order valence-electron chi connectivity index (χ0n) is 19.3. The number of amides is 1. The third-order valence-corrected chi connectivity index (χ3v) is 6.19. The zero-order valence-corrected chi connectivity index (χ0v) is 20.1. The number of hydrogen-bond acceptors (Lipinski definition) is 6. The molecule has 174 valence electrons. The van der Waals surface area contributed by atoms with E-state index < -0.39 is 0 Å². The fraction of sp³-hybridized carbons (Fsp3) is 0.192. The van der Waals surface area contributed by atoms with Crippen LogP contribution in [0.5, 0.6) is 11.5 Å². The first-order valence-electron chi connectivity index (χ1n) is 10.8. The lowest BCUT2D eigenvalue weighted by Gasteiger charge is -2.14. The highest BCUT2D eigenvalue weighted by molar-refractivity contribution is 7.99. The molecule has 0 bridgehead atoms. The Labute approximate surface area is 203 Å². The molecule has 0 atom stereocenters. The summed E-state index contributed by atoms with van der Waals surface area (Å²) in [7, 11) is 3.22. The summed E-state index contributed by atoms with van der Waals surface area (Å²) < 4.78 is 12.9. The Kier molecular flexibility index (Phi) is 7.49. The molecule has 1 amide bonds. The van der Waals surface area contributed by atoms with E-state index in [1.807, 2.05) is 84.3 Å². The second-order valence-corrected chi connectivity index (χ2v) is 8.52. The second-order valence-electron chi connectivity index (χ2n) is 7.58. The molecular formula is C26H26N4O3S. The van der Waals surface area contributed by atoms with Crippen molar-refractivity contribution in [1.82, 2.24) is 20.1 Å². The van der Waals surface area contributed by atoms with Crippen LogP contribution >= 0.6 is 11.8 Å². The van der Waals surface area contributed by atoms with Crippen LogP contribution in [0.25, 0.3) is 17.1 Å². The van der Waals surface area contributed by atoms with Crippen LogP contribution in [-0.4, -0.2) is 40.6 Å². The van der Waals surface area contributed by atoms with E-state index in [9.17, 15) is 4.79 Å². The van der Waals surface area contributed by atoms with E-state index >= 15 is 0 Å². The molecule has 0 aliphatic heterocycles. The maximum atomic E-state index is 12.5. The summed E-state index contributed by atoms with van der Waals surface area (Å²) in [5, 5.41) is 12.5. The highest BCUT2D eigenvalue weighted by Crippen LogP contribution is 2.33. The summed E-state index contributed by atoms with van der Waals surface area (Å²) in [5.41, 5.74) is 3.86. The molecule has 34 heavy (non-hydrogen) atoms. The van der Waals surface area contributed by atoms with Crippen molar-refractivity contribution in [3.8, 4) is 28.6 Å². The lowest BCUT2D eigenvalue weighted by atomic mass is 10.1. The van der Waals surface area contributed by atoms with Crippen molar-refractivity contribution in [2.24, 2.45) is 0 Å². The molecule has 0 saturated heterocycles. The molecular weight excluding hydrogens is 448 g/mol. The number of thioether (sulfide) groups is 1. The predicted molar refractivity (Wildman–Crippen MR) is 134 cm³/mol. The Morgan fingerprint density at radius 2 is 1.62 bits per heavy atom. The number of benzene rings is 3. The lowest BCUT2D eigenvalue weighted by Crippen LogP contribution is -2.24. The number of hydrogen-bond donors (Lipinski definition) is 1. The highest BCUT2D eigenvalue weighted by Gasteiger charge is 2.19. The van der Waals surface area contributed by atoms with Gasteiger partial charge in [-0.15, -0.1) is 10.2 Å². The van der Waals surface area contributed by atoms with Crippen molar-refractivity contribution < 1.29 is 14.3 Å². The summed E-state index contributed by atoms with van der Waals surface area (Å²) in [5.74, 6) is 2.10. The monoisotopic (exact) mass is 474 g/mol. The minimum Gasteiger partial charge on any atom is -0.497 e. The third-order valence-electron chi connectivity index (χ3n) is 5.26. The number of methoxy groups -OCH3 is 2. The lowest BCUT2D eigenvalue weighted by molar-refractivity contribution is -0.118. The van der Waals surface area contributed by atoms with Gasteiger partial charge in [-0.3, -0.25) is 9.36 Å². The number of ether oxygens (including phenoxy) is 2. The smallest absolute Gasteiger partial charge is 0.230 e. The number of carbonyl (C=O) groups excluding carboxylic acids is 1. The summed E-state index contributed by atoms with van der Waals surface area (Å²) in [4.78, 5) is 12.5. The van der Waals surface area contributed by atoms with E-state index in [1.54, 1.807) is 14.2 Å². The van der Waals surface area contributed by atoms with Crippen molar-refractivity contribution >= 4 is 17.7 Å². The van der Waals surface area contributed by atoms with Crippen LogP contribution in [0.3, 0.4) is 0 Å². The molecule has 3 aromatic carbocycles. The maximum Gasteiger partial charge on any atom is 0.230 e. The first-order chi connectivity index (χ1) is 16.6. The van der Waals surface area contributed by atoms with Crippen molar-refractivity contribution in [3.05, 3.63) is 83.9 Å². The topological polar surface area (TPSA) is 78.3 Å². The summed E-state index contributed by atoms with van der Waals surface area (Å²) >= 11 is 1.34. The van der Waals surface area contributed by atoms with Gasteiger partial charge in [0.1, 0.15) is 11.5 Å². The van der Waals surface area contributed by atoms with Crippen LogP contribution in [0, 0.1) is 6.92 Å². The Balaban J connectivity index is 1.63. The predicted octanol–water partition coefficient (Wildman–Crippen LogP) is 4.67. The van der Waals surface area contributed by atoms with Crippen LogP contribution in [-0.2, 0) is 11.3 Å². The standard InChI is InChI=1S/C26H26N4O3S/c1-18-9-7-8-12-23(18)30-25(20-13-21(32-2)15-22(14-20)33-3)28-29-26(30)34-17-24(31)27-16-19-10-5-4-6-11-19/h4-15H,16-17H2,1-3H3,(H,27,31). The van der Waals surface area contributed by atoms with E-state index in [0.717, 1.165) is 22.4 Å². The fourth-order valence-electron chi connectivity index (χ4n) is 3.50.